The molecule has 1 atom stereocenters. The maximum absolute atomic E-state index is 12.0. The molecule has 3 heteroatoms. The van der Waals surface area contributed by atoms with E-state index in [9.17, 15) is 4.79 Å². The van der Waals surface area contributed by atoms with Crippen molar-refractivity contribution in [2.45, 2.75) is 46.3 Å². The summed E-state index contributed by atoms with van der Waals surface area (Å²) in [6.07, 6.45) is 1.20. The Morgan fingerprint density at radius 1 is 1.13 bits per heavy atom. The summed E-state index contributed by atoms with van der Waals surface area (Å²) in [4.78, 5) is 12.0. The Labute approximate surface area is 138 Å². The number of hydrogen-bond donors (Lipinski definition) is 1. The van der Waals surface area contributed by atoms with Crippen molar-refractivity contribution in [2.75, 3.05) is 0 Å². The molecule has 0 radical (unpaired) electrons. The van der Waals surface area contributed by atoms with Crippen LogP contribution in [0.15, 0.2) is 42.5 Å². The molecule has 122 valence electrons. The molecule has 1 unspecified atom stereocenters. The van der Waals surface area contributed by atoms with Gasteiger partial charge in [-0.25, -0.2) is 0 Å². The molecule has 0 aliphatic heterocycles. The molecule has 0 spiro atoms. The Bertz CT molecular complexity index is 660. The highest BCUT2D eigenvalue weighted by molar-refractivity contribution is 5.96. The van der Waals surface area contributed by atoms with Crippen molar-refractivity contribution in [3.63, 3.8) is 0 Å². The molecule has 0 heterocycles. The first-order valence-corrected chi connectivity index (χ1v) is 8.03. The van der Waals surface area contributed by atoms with Crippen LogP contribution in [0.25, 0.3) is 0 Å². The topological polar surface area (TPSA) is 52.3 Å². The summed E-state index contributed by atoms with van der Waals surface area (Å²) >= 11 is 0. The monoisotopic (exact) mass is 311 g/mol. The van der Waals surface area contributed by atoms with Crippen molar-refractivity contribution in [1.82, 2.24) is 0 Å². The van der Waals surface area contributed by atoms with Gasteiger partial charge in [-0.15, -0.1) is 0 Å². The third kappa shape index (κ3) is 5.22. The lowest BCUT2D eigenvalue weighted by Crippen LogP contribution is -2.16. The lowest BCUT2D eigenvalue weighted by atomic mass is 10.0. The fourth-order valence-corrected chi connectivity index (χ4v) is 2.36. The molecule has 23 heavy (non-hydrogen) atoms. The highest BCUT2D eigenvalue weighted by Crippen LogP contribution is 2.18. The lowest BCUT2D eigenvalue weighted by molar-refractivity contribution is 0.0978. The van der Waals surface area contributed by atoms with Crippen molar-refractivity contribution in [3.8, 4) is 5.75 Å². The smallest absolute Gasteiger partial charge is 0.162 e. The molecule has 2 rings (SSSR count). The van der Waals surface area contributed by atoms with Gasteiger partial charge >= 0.3 is 0 Å². The standard InChI is InChI=1S/C20H25NO2/c1-14-4-5-15(2)18(12-14)13-23-19-9-7-17(8-10-19)20(22)11-6-16(3)21/h4-5,7-10,12,16H,6,11,13,21H2,1-3H3. The molecular formula is C20H25NO2. The van der Waals surface area contributed by atoms with Crippen molar-refractivity contribution < 1.29 is 9.53 Å². The predicted octanol–water partition coefficient (Wildman–Crippen LogP) is 4.19. The first kappa shape index (κ1) is 17.2. The lowest BCUT2D eigenvalue weighted by Gasteiger charge is -2.10. The fraction of sp³-hybridized carbons (Fsp3) is 0.350. The van der Waals surface area contributed by atoms with E-state index in [-0.39, 0.29) is 11.8 Å². The number of Topliss-reactive ketones (excluding diaryl/α,β-unsaturated/α-hetero) is 1. The summed E-state index contributed by atoms with van der Waals surface area (Å²) in [5, 5.41) is 0. The molecule has 3 nitrogen and oxygen atoms in total. The van der Waals surface area contributed by atoms with Gasteiger partial charge in [-0.2, -0.15) is 0 Å². The molecule has 0 saturated carbocycles. The number of ether oxygens (including phenoxy) is 1. The van der Waals surface area contributed by atoms with E-state index < -0.39 is 0 Å². The third-order valence-electron chi connectivity index (χ3n) is 3.90. The summed E-state index contributed by atoms with van der Waals surface area (Å²) in [6.45, 7) is 6.60. The van der Waals surface area contributed by atoms with Gasteiger partial charge in [0, 0.05) is 18.0 Å². The number of hydrogen-bond acceptors (Lipinski definition) is 3. The number of rotatable bonds is 7. The summed E-state index contributed by atoms with van der Waals surface area (Å²) in [6, 6.07) is 13.7. The molecule has 0 aliphatic rings. The van der Waals surface area contributed by atoms with Crippen LogP contribution in [0.5, 0.6) is 5.75 Å². The van der Waals surface area contributed by atoms with Crippen LogP contribution in [-0.4, -0.2) is 11.8 Å². The molecule has 0 amide bonds. The molecule has 0 aliphatic carbocycles. The largest absolute Gasteiger partial charge is 0.489 e. The maximum atomic E-state index is 12.0. The van der Waals surface area contributed by atoms with Gasteiger partial charge in [-0.3, -0.25) is 4.79 Å². The van der Waals surface area contributed by atoms with Gasteiger partial charge in [0.05, 0.1) is 0 Å². The number of carbonyl (C=O) groups excluding carboxylic acids is 1. The van der Waals surface area contributed by atoms with Crippen LogP contribution in [0.2, 0.25) is 0 Å². The number of nitrogens with two attached hydrogens (primary N) is 1. The van der Waals surface area contributed by atoms with Gasteiger partial charge in [0.2, 0.25) is 0 Å². The number of benzene rings is 2. The average molecular weight is 311 g/mol. The second-order valence-corrected chi connectivity index (χ2v) is 6.18. The van der Waals surface area contributed by atoms with Crippen LogP contribution in [0, 0.1) is 13.8 Å². The normalized spacial score (nSPS) is 12.0. The van der Waals surface area contributed by atoms with Gasteiger partial charge in [0.1, 0.15) is 12.4 Å². The first-order valence-electron chi connectivity index (χ1n) is 8.03. The van der Waals surface area contributed by atoms with Crippen molar-refractivity contribution in [3.05, 3.63) is 64.7 Å². The zero-order valence-electron chi connectivity index (χ0n) is 14.1. The molecule has 2 aromatic rings. The van der Waals surface area contributed by atoms with Crippen LogP contribution in [-0.2, 0) is 6.61 Å². The minimum absolute atomic E-state index is 0.0547. The van der Waals surface area contributed by atoms with Crippen LogP contribution in [0.3, 0.4) is 0 Å². The summed E-state index contributed by atoms with van der Waals surface area (Å²) < 4.78 is 5.83. The molecular weight excluding hydrogens is 286 g/mol. The Hall–Kier alpha value is -2.13. The Kier molecular flexibility index (Phi) is 5.94. The Balaban J connectivity index is 1.95. The van der Waals surface area contributed by atoms with E-state index >= 15 is 0 Å². The van der Waals surface area contributed by atoms with Crippen LogP contribution >= 0.6 is 0 Å². The minimum atomic E-state index is 0.0547. The fourth-order valence-electron chi connectivity index (χ4n) is 2.36. The molecule has 0 aromatic heterocycles. The molecule has 2 aromatic carbocycles. The van der Waals surface area contributed by atoms with Crippen molar-refractivity contribution in [1.29, 1.82) is 0 Å². The van der Waals surface area contributed by atoms with Gasteiger partial charge in [-0.05, 0) is 62.6 Å². The van der Waals surface area contributed by atoms with E-state index in [1.807, 2.05) is 31.2 Å². The number of aryl methyl sites for hydroxylation is 2. The maximum Gasteiger partial charge on any atom is 0.162 e. The summed E-state index contributed by atoms with van der Waals surface area (Å²) in [5.74, 6) is 0.901. The SMILES string of the molecule is Cc1ccc(C)c(COc2ccc(C(=O)CCC(C)N)cc2)c1. The summed E-state index contributed by atoms with van der Waals surface area (Å²) in [5.41, 5.74) is 10.0. The Morgan fingerprint density at radius 2 is 1.83 bits per heavy atom. The van der Waals surface area contributed by atoms with E-state index in [0.717, 1.165) is 5.75 Å². The van der Waals surface area contributed by atoms with E-state index in [1.54, 1.807) is 0 Å². The van der Waals surface area contributed by atoms with Crippen LogP contribution in [0.4, 0.5) is 0 Å². The van der Waals surface area contributed by atoms with Gasteiger partial charge in [0.15, 0.2) is 5.78 Å². The molecule has 0 saturated heterocycles. The second-order valence-electron chi connectivity index (χ2n) is 6.18. The summed E-state index contributed by atoms with van der Waals surface area (Å²) in [7, 11) is 0. The van der Waals surface area contributed by atoms with E-state index in [2.05, 4.69) is 32.0 Å². The molecule has 0 bridgehead atoms. The van der Waals surface area contributed by atoms with E-state index in [0.29, 0.717) is 25.0 Å². The van der Waals surface area contributed by atoms with E-state index in [4.69, 9.17) is 10.5 Å². The Morgan fingerprint density at radius 3 is 2.48 bits per heavy atom. The molecule has 0 fully saturated rings. The van der Waals surface area contributed by atoms with Gasteiger partial charge < -0.3 is 10.5 Å². The predicted molar refractivity (Wildman–Crippen MR) is 93.9 cm³/mol. The van der Waals surface area contributed by atoms with Gasteiger partial charge in [0.25, 0.3) is 0 Å². The van der Waals surface area contributed by atoms with Crippen molar-refractivity contribution in [2.24, 2.45) is 5.73 Å². The zero-order valence-corrected chi connectivity index (χ0v) is 14.1. The van der Waals surface area contributed by atoms with Gasteiger partial charge in [-0.1, -0.05) is 23.8 Å². The van der Waals surface area contributed by atoms with Crippen molar-refractivity contribution >= 4 is 5.78 Å². The van der Waals surface area contributed by atoms with Crippen LogP contribution in [0.1, 0.15) is 46.8 Å². The quantitative estimate of drug-likeness (QED) is 0.780. The highest BCUT2D eigenvalue weighted by atomic mass is 16.5. The first-order chi connectivity index (χ1) is 11.0. The van der Waals surface area contributed by atoms with Crippen LogP contribution < -0.4 is 10.5 Å². The van der Waals surface area contributed by atoms with E-state index in [1.165, 1.54) is 16.7 Å². The number of carbonyl (C=O) groups is 1. The average Bonchev–Trinajstić information content (AvgIpc) is 2.54. The second kappa shape index (κ2) is 7.93. The zero-order chi connectivity index (χ0) is 16.8. The molecule has 2 N–H and O–H groups in total. The highest BCUT2D eigenvalue weighted by Gasteiger charge is 2.07. The third-order valence-corrected chi connectivity index (χ3v) is 3.90. The minimum Gasteiger partial charge on any atom is -0.489 e. The number of ketones is 1.